The Labute approximate surface area is 453 Å². The van der Waals surface area contributed by atoms with E-state index in [0.29, 0.717) is 23.3 Å². The van der Waals surface area contributed by atoms with Gasteiger partial charge in [0.15, 0.2) is 0 Å². The Morgan fingerprint density at radius 3 is 1.92 bits per heavy atom. The summed E-state index contributed by atoms with van der Waals surface area (Å²) in [5.74, 6) is 2.71. The summed E-state index contributed by atoms with van der Waals surface area (Å²) in [6.45, 7) is 22.7. The number of benzene rings is 8. The van der Waals surface area contributed by atoms with E-state index in [2.05, 4.69) is 271 Å². The summed E-state index contributed by atoms with van der Waals surface area (Å²) in [7, 11) is 0. The first kappa shape index (κ1) is 51.7. The summed E-state index contributed by atoms with van der Waals surface area (Å²) < 4.78 is 9.20. The van der Waals surface area contributed by atoms with Gasteiger partial charge in [0.25, 0.3) is 0 Å². The van der Waals surface area contributed by atoms with Crippen LogP contribution in [0.15, 0.2) is 188 Å². The number of para-hydroxylation sites is 1. The first-order valence-electron chi connectivity index (χ1n) is 25.3. The minimum absolute atomic E-state index is 0. The molecule has 0 aliphatic carbocycles. The van der Waals surface area contributed by atoms with Gasteiger partial charge in [0.2, 0.25) is 0 Å². The van der Waals surface area contributed by atoms with Crippen molar-refractivity contribution in [3.63, 3.8) is 0 Å². The van der Waals surface area contributed by atoms with Crippen molar-refractivity contribution in [1.82, 2.24) is 9.55 Å². The fourth-order valence-corrected chi connectivity index (χ4v) is 10.5. The molecule has 0 spiro atoms. The van der Waals surface area contributed by atoms with Gasteiger partial charge < -0.3 is 26.5 Å². The number of anilines is 4. The second-order valence-corrected chi connectivity index (χ2v) is 21.4. The Morgan fingerprint density at radius 1 is 0.527 bits per heavy atom. The van der Waals surface area contributed by atoms with Crippen molar-refractivity contribution in [2.75, 3.05) is 9.80 Å². The van der Waals surface area contributed by atoms with Crippen LogP contribution in [0.3, 0.4) is 0 Å². The molecule has 372 valence electrons. The van der Waals surface area contributed by atoms with Crippen molar-refractivity contribution in [2.45, 2.75) is 85.0 Å². The summed E-state index contributed by atoms with van der Waals surface area (Å²) in [4.78, 5) is 9.54. The van der Waals surface area contributed by atoms with Crippen LogP contribution in [0.5, 0.6) is 11.5 Å². The predicted octanol–water partition coefficient (Wildman–Crippen LogP) is 18.6. The molecular weight excluding hydrogens is 1080 g/mol. The van der Waals surface area contributed by atoms with Crippen LogP contribution >= 0.6 is 0 Å². The molecule has 1 aliphatic heterocycles. The van der Waals surface area contributed by atoms with Gasteiger partial charge in [-0.05, 0) is 110 Å². The third kappa shape index (κ3) is 9.59. The number of hydrogen-bond acceptors (Lipinski definition) is 4. The molecule has 2 aromatic heterocycles. The zero-order valence-corrected chi connectivity index (χ0v) is 46.4. The van der Waals surface area contributed by atoms with Crippen LogP contribution in [0.1, 0.15) is 102 Å². The van der Waals surface area contributed by atoms with Crippen LogP contribution in [-0.4, -0.2) is 9.55 Å². The molecule has 0 saturated heterocycles. The quantitative estimate of drug-likeness (QED) is 0.121. The monoisotopic (exact) mass is 1150 g/mol. The van der Waals surface area contributed by atoms with Crippen molar-refractivity contribution in [2.24, 2.45) is 0 Å². The Morgan fingerprint density at radius 2 is 1.20 bits per heavy atom. The number of rotatable bonds is 11. The van der Waals surface area contributed by atoms with E-state index in [9.17, 15) is 0 Å². The fraction of sp³-hybridized carbons (Fsp3) is 0.191. The molecule has 0 saturated carbocycles. The molecule has 6 heteroatoms. The minimum Gasteiger partial charge on any atom is -0.509 e. The van der Waals surface area contributed by atoms with E-state index >= 15 is 0 Å². The third-order valence-corrected chi connectivity index (χ3v) is 14.5. The molecule has 74 heavy (non-hydrogen) atoms. The molecule has 8 aromatic carbocycles. The second kappa shape index (κ2) is 20.6. The van der Waals surface area contributed by atoms with Crippen molar-refractivity contribution in [3.05, 3.63) is 242 Å². The van der Waals surface area contributed by atoms with Crippen LogP contribution in [-0.2, 0) is 31.9 Å². The predicted molar refractivity (Wildman–Crippen MR) is 307 cm³/mol. The fourth-order valence-electron chi connectivity index (χ4n) is 10.5. The summed E-state index contributed by atoms with van der Waals surface area (Å²) >= 11 is 0. The van der Waals surface area contributed by atoms with E-state index < -0.39 is 0 Å². The van der Waals surface area contributed by atoms with Crippen LogP contribution in [0.4, 0.5) is 22.7 Å². The van der Waals surface area contributed by atoms with Crippen molar-refractivity contribution in [1.29, 1.82) is 0 Å². The van der Waals surface area contributed by atoms with Crippen molar-refractivity contribution >= 4 is 44.6 Å². The average Bonchev–Trinajstić information content (AvgIpc) is 3.94. The summed E-state index contributed by atoms with van der Waals surface area (Å²) in [5, 5.41) is 2.22. The van der Waals surface area contributed by atoms with Gasteiger partial charge in [-0.15, -0.1) is 53.6 Å². The minimum atomic E-state index is -0.220. The number of fused-ring (bicyclic) bond motifs is 4. The van der Waals surface area contributed by atoms with E-state index in [-0.39, 0.29) is 39.3 Å². The average molecular weight is 1150 g/mol. The molecule has 0 bridgehead atoms. The smallest absolute Gasteiger partial charge is 0.509 e. The van der Waals surface area contributed by atoms with Crippen LogP contribution in [0, 0.1) is 26.2 Å². The van der Waals surface area contributed by atoms with Crippen molar-refractivity contribution < 1.29 is 25.8 Å². The molecule has 0 fully saturated rings. The topological polar surface area (TPSA) is 33.5 Å². The van der Waals surface area contributed by atoms with E-state index in [1.54, 1.807) is 0 Å². The zero-order chi connectivity index (χ0) is 49.9. The SMILES string of the molecule is CC(C)c1cccc(C(C)C)c1-c1ccc2c(c1)N(c1[c-]c(Oc3[c-]c4c(cc3)c3ccccc3n4-c3cc(C(C)(C)C)ccn3)cc(-c3ccccc3)c1)[CH-]N2c1cccc(C(C)(C)c2ccccc2)c1.[CH3-].[Pt+4]. The Kier molecular flexibility index (Phi) is 14.4. The molecular formula is C68H64N4OPt. The first-order chi connectivity index (χ1) is 34.7. The van der Waals surface area contributed by atoms with Crippen LogP contribution < -0.4 is 14.5 Å². The van der Waals surface area contributed by atoms with E-state index in [0.717, 1.165) is 61.5 Å². The molecule has 10 aromatic rings. The second-order valence-electron chi connectivity index (χ2n) is 21.4. The molecule has 3 heterocycles. The number of nitrogens with zero attached hydrogens (tertiary/aromatic N) is 4. The van der Waals surface area contributed by atoms with E-state index in [1.807, 2.05) is 12.3 Å². The zero-order valence-electron chi connectivity index (χ0n) is 44.1. The largest absolute Gasteiger partial charge is 4.00 e. The number of ether oxygens (including phenoxy) is 1. The molecule has 5 nitrogen and oxygen atoms in total. The number of aromatic nitrogens is 2. The summed E-state index contributed by atoms with van der Waals surface area (Å²) in [6.07, 6.45) is 1.91. The van der Waals surface area contributed by atoms with Gasteiger partial charge in [-0.3, -0.25) is 0 Å². The Balaban J connectivity index is 0.00000336. The normalized spacial score (nSPS) is 12.6. The Hall–Kier alpha value is -7.20. The maximum absolute atomic E-state index is 6.99. The van der Waals surface area contributed by atoms with Crippen LogP contribution in [0.2, 0.25) is 0 Å². The van der Waals surface area contributed by atoms with Crippen LogP contribution in [0.25, 0.3) is 49.9 Å². The molecule has 0 radical (unpaired) electrons. The van der Waals surface area contributed by atoms with Gasteiger partial charge in [-0.25, -0.2) is 4.98 Å². The summed E-state index contributed by atoms with van der Waals surface area (Å²) in [5.41, 5.74) is 16.8. The molecule has 0 N–H and O–H groups in total. The molecule has 0 unspecified atom stereocenters. The molecule has 11 rings (SSSR count). The maximum atomic E-state index is 6.99. The summed E-state index contributed by atoms with van der Waals surface area (Å²) in [6, 6.07) is 72.9. The molecule has 0 atom stereocenters. The van der Waals surface area contributed by atoms with Gasteiger partial charge in [0, 0.05) is 45.7 Å². The molecule has 0 amide bonds. The molecule has 1 aliphatic rings. The van der Waals surface area contributed by atoms with E-state index in [4.69, 9.17) is 9.72 Å². The maximum Gasteiger partial charge on any atom is 4.00 e. The van der Waals surface area contributed by atoms with Gasteiger partial charge in [-0.2, -0.15) is 6.07 Å². The number of hydrogen-bond donors (Lipinski definition) is 0. The number of pyridine rings is 1. The van der Waals surface area contributed by atoms with E-state index in [1.165, 1.54) is 38.9 Å². The van der Waals surface area contributed by atoms with Gasteiger partial charge >= 0.3 is 21.1 Å². The van der Waals surface area contributed by atoms with Gasteiger partial charge in [-0.1, -0.05) is 183 Å². The Bertz CT molecular complexity index is 3600. The standard InChI is InChI=1S/C67H61N4O.CH3.Pt/c1-44(2)56-27-19-28-57(45(3)4)65(56)47-30-33-61-63(38-47)70(43-69(61)52-25-18-24-51(39-52)67(8,9)49-22-14-11-15-23-49)53-36-48(46-20-12-10-13-21-46)37-55(41-53)72-54-31-32-59-58-26-16-17-29-60(58)71(62(59)42-54)64-40-50(34-35-68-64)66(5,6)7;;/h10-40,43-45H,1-9H3;1H3;/q-3;-1;+4. The van der Waals surface area contributed by atoms with Gasteiger partial charge in [0.05, 0.1) is 0 Å². The first-order valence-corrected chi connectivity index (χ1v) is 25.3. The third-order valence-electron chi connectivity index (χ3n) is 14.5. The van der Waals surface area contributed by atoms with Crippen molar-refractivity contribution in [3.8, 4) is 39.6 Å². The van der Waals surface area contributed by atoms with Gasteiger partial charge in [0.1, 0.15) is 5.82 Å².